The number of nitrogens with one attached hydrogen (secondary N) is 4. The molecule has 15 N–H and O–H groups in total. The van der Waals surface area contributed by atoms with Gasteiger partial charge in [-0.1, -0.05) is 256 Å². The highest BCUT2D eigenvalue weighted by Gasteiger charge is 2.37. The molecule has 108 heavy (non-hydrogen) atoms. The van der Waals surface area contributed by atoms with E-state index in [1.807, 2.05) is 0 Å². The van der Waals surface area contributed by atoms with Crippen LogP contribution < -0.4 is 21.3 Å². The molecule has 0 aromatic rings. The predicted molar refractivity (Wildman–Crippen MR) is 470 cm³/mol. The van der Waals surface area contributed by atoms with E-state index in [4.69, 9.17) is 56.2 Å². The normalized spacial score (nSPS) is 33.2. The first-order valence-electron chi connectivity index (χ1n) is 45.9. The maximum Gasteiger partial charge on any atom is 0.0600 e. The van der Waals surface area contributed by atoms with Crippen LogP contribution in [-0.4, -0.2) is 179 Å². The highest BCUT2D eigenvalue weighted by molar-refractivity contribution is 4.92. The Bertz CT molecular complexity index is 1380. The molecule has 0 aromatic carbocycles. The molecule has 3 aliphatic heterocycles. The molecule has 0 amide bonds. The molecule has 0 aromatic heterocycles. The fourth-order valence-corrected chi connectivity index (χ4v) is 20.3. The maximum absolute atomic E-state index is 7.00. The van der Waals surface area contributed by atoms with Crippen LogP contribution in [0.5, 0.6) is 0 Å². The van der Waals surface area contributed by atoms with Crippen molar-refractivity contribution >= 4 is 0 Å². The zero-order chi connectivity index (χ0) is 83.5. The minimum absolute atomic E-state index is 0.612. The van der Waals surface area contributed by atoms with Crippen molar-refractivity contribution in [3.8, 4) is 0 Å². The van der Waals surface area contributed by atoms with E-state index >= 15 is 0 Å². The van der Waals surface area contributed by atoms with E-state index < -0.39 is 0 Å². The molecule has 0 bridgehead atoms. The monoisotopic (exact) mass is 1550 g/mol. The second-order valence-corrected chi connectivity index (χ2v) is 33.0. The Morgan fingerprint density at radius 2 is 0.361 bits per heavy atom. The van der Waals surface area contributed by atoms with Gasteiger partial charge in [0.25, 0.3) is 0 Å². The number of rotatable bonds is 15. The summed E-state index contributed by atoms with van der Waals surface area (Å²) in [5.74, 6) is 19.7. The van der Waals surface area contributed by atoms with Gasteiger partial charge in [0.1, 0.15) is 0 Å². The molecule has 11 fully saturated rings. The van der Waals surface area contributed by atoms with Crippen LogP contribution >= 0.6 is 0 Å². The van der Waals surface area contributed by atoms with Crippen molar-refractivity contribution < 1.29 is 56.2 Å². The van der Waals surface area contributed by atoms with Crippen LogP contribution in [0.4, 0.5) is 0 Å². The lowest BCUT2D eigenvalue weighted by Crippen LogP contribution is -2.56. The SMILES string of the molecule is CCC1CCC(C2CCC(CC)CC2)CC1.CCC1CCC(C2CCC(CC)CN2)CC1.CCC1CCC(C2NCC(CC)CN2)CC1.CCC1CCC(CC)CC1.CCC1CCC2CC(CC)CCC2C1.CCC1CNC2CC(CC)CCC2C1.CO.CO.CO.CO.CO.CO.CO.CO.CO.CO.CO. The summed E-state index contributed by atoms with van der Waals surface area (Å²) in [5.41, 5.74) is 0. The summed E-state index contributed by atoms with van der Waals surface area (Å²) in [6.45, 7) is 33.2. The largest absolute Gasteiger partial charge is 0.400 e. The summed E-state index contributed by atoms with van der Waals surface area (Å²) in [5, 5.41) is 92.0. The molecule has 15 nitrogen and oxygen atoms in total. The minimum Gasteiger partial charge on any atom is -0.400 e. The number of hydrogen-bond acceptors (Lipinski definition) is 15. The first kappa shape index (κ1) is 118. The van der Waals surface area contributed by atoms with Crippen LogP contribution in [0.3, 0.4) is 0 Å². The standard InChI is InChI=1S/C16H30.C15H29N.C14H28N2.C14H26.C13H25N.C10H20.11CH4O/c1-3-13-5-9-15(10-6-13)16-11-7-14(4-2)8-12-16;1-3-12-5-8-14(9-6-12)15-10-7-13(4-2)11-16-15;1-3-11-5-7-13(8-6-11)14-15-9-12(4-2)10-16-14;1-3-11-5-7-14-10-12(4-2)6-8-13(14)9-11;1-3-10-5-6-12-7-11(4-2)9-14-13(12)8-10;1-3-9-5-7-10(4-2)8-6-9;11*1-2/h13-16H,3-12H2,1-2H3;12-16H,3-11H2,1-2H3;11-16H,3-10H2,1-2H3;11-14H,3-10H2,1-2H3;10-14H,3-9H2,1-2H3;9-10H,3-8H2,1-2H3;11*2H,1H3. The molecule has 8 saturated carbocycles. The van der Waals surface area contributed by atoms with Crippen LogP contribution in [0.15, 0.2) is 0 Å². The number of piperidine rings is 2. The van der Waals surface area contributed by atoms with Gasteiger partial charge in [0.2, 0.25) is 0 Å². The van der Waals surface area contributed by atoms with Crippen molar-refractivity contribution in [3.05, 3.63) is 0 Å². The lowest BCUT2D eigenvalue weighted by Gasteiger charge is -2.42. The molecule has 660 valence electrons. The Kier molecular flexibility index (Phi) is 93.9. The highest BCUT2D eigenvalue weighted by Crippen LogP contribution is 2.47. The summed E-state index contributed by atoms with van der Waals surface area (Å²) in [4.78, 5) is 0. The van der Waals surface area contributed by atoms with Crippen molar-refractivity contribution in [1.29, 1.82) is 0 Å². The van der Waals surface area contributed by atoms with Gasteiger partial charge in [0, 0.05) is 103 Å². The van der Waals surface area contributed by atoms with E-state index in [0.717, 1.165) is 203 Å². The molecule has 0 spiro atoms. The molecule has 0 radical (unpaired) electrons. The third kappa shape index (κ3) is 51.5. The number of aliphatic hydroxyl groups is 11. The lowest BCUT2D eigenvalue weighted by atomic mass is 9.64. The molecule has 10 atom stereocenters. The van der Waals surface area contributed by atoms with Gasteiger partial charge in [-0.2, -0.15) is 0 Å². The Morgan fingerprint density at radius 3 is 0.648 bits per heavy atom. The van der Waals surface area contributed by atoms with E-state index in [1.54, 1.807) is 51.4 Å². The first-order chi connectivity index (χ1) is 53.0. The first-order valence-corrected chi connectivity index (χ1v) is 45.9. The van der Waals surface area contributed by atoms with Crippen LogP contribution in [0.1, 0.15) is 366 Å². The molecule has 10 unspecified atom stereocenters. The summed E-state index contributed by atoms with van der Waals surface area (Å²) >= 11 is 0. The average molecular weight is 1550 g/mol. The summed E-state index contributed by atoms with van der Waals surface area (Å²) in [6.07, 6.45) is 65.7. The second-order valence-electron chi connectivity index (χ2n) is 33.0. The van der Waals surface area contributed by atoms with Crippen LogP contribution in [0.25, 0.3) is 0 Å². The summed E-state index contributed by atoms with van der Waals surface area (Å²) < 4.78 is 0. The zero-order valence-corrected chi connectivity index (χ0v) is 76.6. The quantitative estimate of drug-likeness (QED) is 0.0726. The predicted octanol–water partition coefficient (Wildman–Crippen LogP) is 19.3. The summed E-state index contributed by atoms with van der Waals surface area (Å²) in [7, 11) is 11.0. The van der Waals surface area contributed by atoms with Gasteiger partial charge in [0.05, 0.1) is 6.17 Å². The molecule has 11 rings (SSSR count). The number of hydrogen-bond donors (Lipinski definition) is 15. The van der Waals surface area contributed by atoms with E-state index in [0.29, 0.717) is 6.17 Å². The van der Waals surface area contributed by atoms with Crippen LogP contribution in [-0.2, 0) is 0 Å². The van der Waals surface area contributed by atoms with Gasteiger partial charge < -0.3 is 77.4 Å². The van der Waals surface area contributed by atoms with Gasteiger partial charge in [-0.05, 0) is 235 Å². The molecule has 8 aliphatic carbocycles. The fourth-order valence-electron chi connectivity index (χ4n) is 20.3. The van der Waals surface area contributed by atoms with Crippen molar-refractivity contribution in [3.63, 3.8) is 0 Å². The highest BCUT2D eigenvalue weighted by atomic mass is 16.3. The van der Waals surface area contributed by atoms with Gasteiger partial charge in [0.15, 0.2) is 0 Å². The smallest absolute Gasteiger partial charge is 0.0600 e. The topological polar surface area (TPSA) is 271 Å². The summed E-state index contributed by atoms with van der Waals surface area (Å²) in [6, 6.07) is 1.73. The molecule has 3 heterocycles. The van der Waals surface area contributed by atoms with E-state index in [2.05, 4.69) is 104 Å². The van der Waals surface area contributed by atoms with Crippen molar-refractivity contribution in [2.75, 3.05) is 104 Å². The minimum atomic E-state index is 0.612. The van der Waals surface area contributed by atoms with Gasteiger partial charge >= 0.3 is 0 Å². The van der Waals surface area contributed by atoms with Gasteiger partial charge in [-0.3, -0.25) is 0 Å². The molecular formula is C93H202N4O11. The molecule has 3 saturated heterocycles. The Morgan fingerprint density at radius 1 is 0.157 bits per heavy atom. The second kappa shape index (κ2) is 85.8. The van der Waals surface area contributed by atoms with Crippen molar-refractivity contribution in [2.45, 2.75) is 384 Å². The van der Waals surface area contributed by atoms with Crippen molar-refractivity contribution in [1.82, 2.24) is 21.3 Å². The van der Waals surface area contributed by atoms with Gasteiger partial charge in [-0.15, -0.1) is 0 Å². The number of fused-ring (bicyclic) bond motifs is 2. The van der Waals surface area contributed by atoms with E-state index in [1.165, 1.54) is 257 Å². The zero-order valence-electron chi connectivity index (χ0n) is 76.6. The van der Waals surface area contributed by atoms with Crippen LogP contribution in [0.2, 0.25) is 0 Å². The van der Waals surface area contributed by atoms with Crippen molar-refractivity contribution in [2.24, 2.45) is 112 Å². The lowest BCUT2D eigenvalue weighted by molar-refractivity contribution is 0.0955. The van der Waals surface area contributed by atoms with E-state index in [9.17, 15) is 0 Å². The third-order valence-electron chi connectivity index (χ3n) is 28.2. The Hall–Kier alpha value is -0.600. The average Bonchev–Trinajstić information content (AvgIpc) is 0.852. The molecular weight excluding hydrogens is 1350 g/mol. The maximum atomic E-state index is 7.00. The fraction of sp³-hybridized carbons (Fsp3) is 1.00. The number of aliphatic hydroxyl groups excluding tert-OH is 11. The third-order valence-corrected chi connectivity index (χ3v) is 28.2. The Balaban J connectivity index is -0.000000275. The Labute approximate surface area is 674 Å². The van der Waals surface area contributed by atoms with E-state index in [-0.39, 0.29) is 0 Å². The molecule has 11 aliphatic rings. The van der Waals surface area contributed by atoms with Gasteiger partial charge in [-0.25, -0.2) is 0 Å². The van der Waals surface area contributed by atoms with Crippen LogP contribution in [0, 0.1) is 112 Å². The molecule has 15 heteroatoms.